The number of rotatable bonds is 2. The highest BCUT2D eigenvalue weighted by atomic mass is 35.5. The van der Waals surface area contributed by atoms with Crippen LogP contribution in [0.5, 0.6) is 0 Å². The highest BCUT2D eigenvalue weighted by Crippen LogP contribution is 2.27. The molecule has 0 amide bonds. The smallest absolute Gasteiger partial charge is 0.0502 e. The zero-order chi connectivity index (χ0) is 10.1. The molecule has 0 saturated carbocycles. The van der Waals surface area contributed by atoms with E-state index >= 15 is 0 Å². The average Bonchev–Trinajstić information content (AvgIpc) is 2.46. The van der Waals surface area contributed by atoms with Crippen LogP contribution in [0.15, 0.2) is 24.4 Å². The number of fused-ring (bicyclic) bond motifs is 1. The fourth-order valence-corrected chi connectivity index (χ4v) is 2.15. The van der Waals surface area contributed by atoms with Crippen LogP contribution in [-0.4, -0.2) is 11.1 Å². The maximum Gasteiger partial charge on any atom is 0.0502 e. The Hall–Kier alpha value is -0.990. The van der Waals surface area contributed by atoms with Crippen LogP contribution >= 0.6 is 11.6 Å². The zero-order valence-corrected chi connectivity index (χ0v) is 8.88. The molecule has 0 aliphatic rings. The molecular formula is C11H13ClN2. The third kappa shape index (κ3) is 1.41. The summed E-state index contributed by atoms with van der Waals surface area (Å²) in [5.41, 5.74) is 7.92. The Morgan fingerprint density at radius 1 is 1.43 bits per heavy atom. The largest absolute Gasteiger partial charge is 0.346 e. The van der Waals surface area contributed by atoms with Gasteiger partial charge >= 0.3 is 0 Å². The summed E-state index contributed by atoms with van der Waals surface area (Å²) in [6.45, 7) is 3.56. The Bertz CT molecular complexity index is 460. The molecule has 14 heavy (non-hydrogen) atoms. The van der Waals surface area contributed by atoms with Crippen molar-refractivity contribution < 1.29 is 0 Å². The Balaban J connectivity index is 2.71. The molecule has 3 heteroatoms. The van der Waals surface area contributed by atoms with E-state index in [2.05, 4.69) is 23.8 Å². The number of aromatic nitrogens is 1. The molecular weight excluding hydrogens is 196 g/mol. The van der Waals surface area contributed by atoms with Crippen molar-refractivity contribution in [3.8, 4) is 0 Å². The second kappa shape index (κ2) is 3.64. The minimum absolute atomic E-state index is 0.649. The Morgan fingerprint density at radius 3 is 2.93 bits per heavy atom. The lowest BCUT2D eigenvalue weighted by atomic mass is 10.2. The van der Waals surface area contributed by atoms with Crippen molar-refractivity contribution >= 4 is 22.5 Å². The normalized spacial score (nSPS) is 11.1. The quantitative estimate of drug-likeness (QED) is 0.808. The predicted molar refractivity (Wildman–Crippen MR) is 60.7 cm³/mol. The van der Waals surface area contributed by atoms with Crippen molar-refractivity contribution in [3.05, 3.63) is 35.0 Å². The minimum Gasteiger partial charge on any atom is -0.346 e. The van der Waals surface area contributed by atoms with Crippen LogP contribution in [-0.2, 0) is 6.54 Å². The van der Waals surface area contributed by atoms with Crippen molar-refractivity contribution in [3.63, 3.8) is 0 Å². The van der Waals surface area contributed by atoms with E-state index in [0.717, 1.165) is 17.0 Å². The van der Waals surface area contributed by atoms with Gasteiger partial charge in [0.2, 0.25) is 0 Å². The van der Waals surface area contributed by atoms with Gasteiger partial charge in [0.1, 0.15) is 0 Å². The average molecular weight is 209 g/mol. The van der Waals surface area contributed by atoms with E-state index < -0.39 is 0 Å². The minimum atomic E-state index is 0.649. The lowest BCUT2D eigenvalue weighted by molar-refractivity contribution is 0.734. The summed E-state index contributed by atoms with van der Waals surface area (Å²) < 4.78 is 2.15. The van der Waals surface area contributed by atoms with Crippen molar-refractivity contribution in [1.29, 1.82) is 0 Å². The van der Waals surface area contributed by atoms with Crippen LogP contribution in [0.25, 0.3) is 10.9 Å². The summed E-state index contributed by atoms with van der Waals surface area (Å²) >= 11 is 6.13. The third-order valence-corrected chi connectivity index (χ3v) is 2.73. The predicted octanol–water partition coefficient (Wildman–Crippen LogP) is 2.56. The number of aryl methyl sites for hydroxylation is 1. The van der Waals surface area contributed by atoms with Gasteiger partial charge in [-0.1, -0.05) is 17.7 Å². The summed E-state index contributed by atoms with van der Waals surface area (Å²) in [6, 6.07) is 5.96. The summed E-state index contributed by atoms with van der Waals surface area (Å²) in [6.07, 6.45) is 2.10. The number of benzene rings is 1. The molecule has 2 nitrogen and oxygen atoms in total. The first-order chi connectivity index (χ1) is 6.74. The molecule has 0 aliphatic carbocycles. The Kier molecular flexibility index (Phi) is 2.48. The highest BCUT2D eigenvalue weighted by molar-refractivity contribution is 6.35. The van der Waals surface area contributed by atoms with E-state index in [9.17, 15) is 0 Å². The van der Waals surface area contributed by atoms with Gasteiger partial charge in [0.25, 0.3) is 0 Å². The van der Waals surface area contributed by atoms with Gasteiger partial charge in [-0.3, -0.25) is 0 Å². The first-order valence-corrected chi connectivity index (χ1v) is 5.06. The molecule has 0 saturated heterocycles. The third-order valence-electron chi connectivity index (χ3n) is 2.41. The number of nitrogens with zero attached hydrogens (tertiary/aromatic N) is 1. The van der Waals surface area contributed by atoms with Gasteiger partial charge in [-0.2, -0.15) is 0 Å². The standard InChI is InChI=1S/C11H13ClN2/c1-8-7-14(6-5-13)10-4-2-3-9(12)11(8)10/h2-4,7H,5-6,13H2,1H3. The molecule has 1 aromatic carbocycles. The van der Waals surface area contributed by atoms with Gasteiger partial charge in [0.05, 0.1) is 5.02 Å². The van der Waals surface area contributed by atoms with Gasteiger partial charge in [-0.05, 0) is 24.6 Å². The molecule has 0 unspecified atom stereocenters. The van der Waals surface area contributed by atoms with Crippen molar-refractivity contribution in [1.82, 2.24) is 4.57 Å². The first-order valence-electron chi connectivity index (χ1n) is 4.68. The second-order valence-electron chi connectivity index (χ2n) is 3.43. The summed E-state index contributed by atoms with van der Waals surface area (Å²) in [4.78, 5) is 0. The molecule has 0 bridgehead atoms. The topological polar surface area (TPSA) is 30.9 Å². The Labute approximate surface area is 88.3 Å². The molecule has 2 N–H and O–H groups in total. The van der Waals surface area contributed by atoms with Crippen LogP contribution in [0.4, 0.5) is 0 Å². The zero-order valence-electron chi connectivity index (χ0n) is 8.13. The number of halogens is 1. The maximum atomic E-state index is 6.13. The van der Waals surface area contributed by atoms with E-state index in [0.29, 0.717) is 6.54 Å². The van der Waals surface area contributed by atoms with E-state index in [1.54, 1.807) is 0 Å². The molecule has 0 fully saturated rings. The lowest BCUT2D eigenvalue weighted by Crippen LogP contribution is -2.08. The number of hydrogen-bond acceptors (Lipinski definition) is 1. The fraction of sp³-hybridized carbons (Fsp3) is 0.273. The summed E-state index contributed by atoms with van der Waals surface area (Å²) in [7, 11) is 0. The Morgan fingerprint density at radius 2 is 2.21 bits per heavy atom. The molecule has 0 atom stereocenters. The van der Waals surface area contributed by atoms with Crippen molar-refractivity contribution in [2.75, 3.05) is 6.54 Å². The highest BCUT2D eigenvalue weighted by Gasteiger charge is 2.07. The van der Waals surface area contributed by atoms with E-state index in [4.69, 9.17) is 17.3 Å². The molecule has 74 valence electrons. The van der Waals surface area contributed by atoms with E-state index in [1.807, 2.05) is 12.1 Å². The van der Waals surface area contributed by atoms with Gasteiger partial charge in [0.15, 0.2) is 0 Å². The molecule has 1 heterocycles. The molecule has 2 rings (SSSR count). The van der Waals surface area contributed by atoms with Gasteiger partial charge in [-0.15, -0.1) is 0 Å². The van der Waals surface area contributed by atoms with Gasteiger partial charge in [0, 0.05) is 30.2 Å². The summed E-state index contributed by atoms with van der Waals surface area (Å²) in [5, 5.41) is 1.96. The fourth-order valence-electron chi connectivity index (χ4n) is 1.83. The number of hydrogen-bond donors (Lipinski definition) is 1. The van der Waals surface area contributed by atoms with Crippen LogP contribution in [0.2, 0.25) is 5.02 Å². The number of nitrogens with two attached hydrogens (primary N) is 1. The van der Waals surface area contributed by atoms with E-state index in [1.165, 1.54) is 11.1 Å². The van der Waals surface area contributed by atoms with Gasteiger partial charge < -0.3 is 10.3 Å². The van der Waals surface area contributed by atoms with Crippen LogP contribution in [0, 0.1) is 6.92 Å². The lowest BCUT2D eigenvalue weighted by Gasteiger charge is -2.02. The van der Waals surface area contributed by atoms with E-state index in [-0.39, 0.29) is 0 Å². The SMILES string of the molecule is Cc1cn(CCN)c2cccc(Cl)c12. The molecule has 2 aromatic rings. The van der Waals surface area contributed by atoms with Crippen LogP contribution in [0.1, 0.15) is 5.56 Å². The maximum absolute atomic E-state index is 6.13. The van der Waals surface area contributed by atoms with Crippen LogP contribution < -0.4 is 5.73 Å². The van der Waals surface area contributed by atoms with Gasteiger partial charge in [-0.25, -0.2) is 0 Å². The molecule has 0 spiro atoms. The summed E-state index contributed by atoms with van der Waals surface area (Å²) in [5.74, 6) is 0. The monoisotopic (exact) mass is 208 g/mol. The molecule has 1 aromatic heterocycles. The van der Waals surface area contributed by atoms with Crippen LogP contribution in [0.3, 0.4) is 0 Å². The van der Waals surface area contributed by atoms with Crippen molar-refractivity contribution in [2.24, 2.45) is 5.73 Å². The molecule has 0 radical (unpaired) electrons. The van der Waals surface area contributed by atoms with Crippen molar-refractivity contribution in [2.45, 2.75) is 13.5 Å². The second-order valence-corrected chi connectivity index (χ2v) is 3.84. The first kappa shape index (κ1) is 9.56. The molecule has 0 aliphatic heterocycles.